The van der Waals surface area contributed by atoms with Crippen LogP contribution in [0.5, 0.6) is 0 Å². The Morgan fingerprint density at radius 3 is 2.48 bits per heavy atom. The van der Waals surface area contributed by atoms with E-state index in [9.17, 15) is 14.4 Å². The van der Waals surface area contributed by atoms with Crippen molar-refractivity contribution in [3.05, 3.63) is 29.8 Å². The zero-order valence-corrected chi connectivity index (χ0v) is 18.6. The third kappa shape index (κ3) is 8.53. The molecule has 1 fully saturated rings. The number of carbonyl (C=O) groups is 3. The Kier molecular flexibility index (Phi) is 8.65. The van der Waals surface area contributed by atoms with E-state index in [1.807, 2.05) is 52.0 Å². The number of carbonyl (C=O) groups excluding carboxylic acids is 3. The highest BCUT2D eigenvalue weighted by atomic mass is 16.6. The molecule has 4 amide bonds. The molecule has 0 atom stereocenters. The normalized spacial score (nSPS) is 14.3. The summed E-state index contributed by atoms with van der Waals surface area (Å²) in [6, 6.07) is 7.15. The van der Waals surface area contributed by atoms with Gasteiger partial charge in [-0.3, -0.25) is 20.0 Å². The largest absolute Gasteiger partial charge is 0.444 e. The molecule has 1 aliphatic heterocycles. The molecule has 1 aliphatic rings. The number of guanidine groups is 1. The topological polar surface area (TPSA) is 124 Å². The lowest BCUT2D eigenvalue weighted by Gasteiger charge is -2.19. The van der Waals surface area contributed by atoms with Gasteiger partial charge in [0.25, 0.3) is 0 Å². The number of aliphatic imine (C=N–C) groups is 1. The van der Waals surface area contributed by atoms with Crippen molar-refractivity contribution in [2.45, 2.75) is 39.7 Å². The summed E-state index contributed by atoms with van der Waals surface area (Å²) < 4.78 is 5.24. The third-order valence-electron chi connectivity index (χ3n) is 4.18. The highest BCUT2D eigenvalue weighted by Crippen LogP contribution is 2.13. The van der Waals surface area contributed by atoms with Crippen molar-refractivity contribution in [1.82, 2.24) is 20.9 Å². The lowest BCUT2D eigenvalue weighted by molar-refractivity contribution is -0.124. The van der Waals surface area contributed by atoms with Gasteiger partial charge in [-0.05, 0) is 51.8 Å². The molecule has 0 radical (unpaired) electrons. The van der Waals surface area contributed by atoms with Gasteiger partial charge in [0.2, 0.25) is 5.91 Å². The summed E-state index contributed by atoms with van der Waals surface area (Å²) in [5.74, 6) is 0.399. The van der Waals surface area contributed by atoms with Crippen molar-refractivity contribution in [1.29, 1.82) is 0 Å². The zero-order valence-electron chi connectivity index (χ0n) is 18.6. The van der Waals surface area contributed by atoms with Crippen molar-refractivity contribution in [3.8, 4) is 0 Å². The van der Waals surface area contributed by atoms with Gasteiger partial charge in [0.15, 0.2) is 5.96 Å². The number of hydrogen-bond acceptors (Lipinski definition) is 5. The maximum absolute atomic E-state index is 11.8. The van der Waals surface area contributed by atoms with Crippen LogP contribution in [0.2, 0.25) is 0 Å². The van der Waals surface area contributed by atoms with Gasteiger partial charge in [-0.1, -0.05) is 12.1 Å². The second-order valence-corrected chi connectivity index (χ2v) is 7.97. The molecule has 31 heavy (non-hydrogen) atoms. The number of anilines is 1. The summed E-state index contributed by atoms with van der Waals surface area (Å²) in [6.45, 7) is 9.40. The van der Waals surface area contributed by atoms with Crippen LogP contribution < -0.4 is 21.3 Å². The van der Waals surface area contributed by atoms with Gasteiger partial charge < -0.3 is 20.7 Å². The standard InChI is InChI=1S/C21H32N6O4/c1-5-22-18(24-12-13-27-17(28)14-25-19(27)29)23-11-10-15-6-8-16(9-7-15)26-20(30)31-21(2,3)4/h6-9H,5,10-14H2,1-4H3,(H,25,29)(H,26,30)(H2,22,23,24). The average molecular weight is 433 g/mol. The molecule has 10 nitrogen and oxygen atoms in total. The molecule has 0 unspecified atom stereocenters. The number of hydrogen-bond donors (Lipinski definition) is 4. The fraction of sp³-hybridized carbons (Fsp3) is 0.524. The first-order chi connectivity index (χ1) is 14.7. The SMILES string of the molecule is CCNC(=NCCc1ccc(NC(=O)OC(C)(C)C)cc1)NCCN1C(=O)CNC1=O. The second kappa shape index (κ2) is 11.2. The van der Waals surface area contributed by atoms with E-state index in [0.717, 1.165) is 12.0 Å². The van der Waals surface area contributed by atoms with Gasteiger partial charge in [0.05, 0.1) is 6.54 Å². The number of nitrogens with zero attached hydrogens (tertiary/aromatic N) is 2. The van der Waals surface area contributed by atoms with Crippen molar-refractivity contribution in [3.63, 3.8) is 0 Å². The average Bonchev–Trinajstić information content (AvgIpc) is 3.00. The first kappa shape index (κ1) is 24.0. The minimum atomic E-state index is -0.545. The molecular weight excluding hydrogens is 400 g/mol. The minimum Gasteiger partial charge on any atom is -0.444 e. The molecule has 1 aromatic carbocycles. The molecule has 10 heteroatoms. The molecule has 1 heterocycles. The molecule has 0 bridgehead atoms. The van der Waals surface area contributed by atoms with Crippen LogP contribution in [-0.4, -0.2) is 67.2 Å². The van der Waals surface area contributed by atoms with Crippen LogP contribution in [0.3, 0.4) is 0 Å². The van der Waals surface area contributed by atoms with Gasteiger partial charge >= 0.3 is 12.1 Å². The lowest BCUT2D eigenvalue weighted by Crippen LogP contribution is -2.43. The Balaban J connectivity index is 1.79. The van der Waals surface area contributed by atoms with Gasteiger partial charge in [0, 0.05) is 31.9 Å². The Labute approximate surface area is 182 Å². The van der Waals surface area contributed by atoms with E-state index in [0.29, 0.717) is 31.3 Å². The van der Waals surface area contributed by atoms with E-state index in [4.69, 9.17) is 4.74 Å². The quantitative estimate of drug-likeness (QED) is 0.282. The summed E-state index contributed by atoms with van der Waals surface area (Å²) in [5, 5.41) is 11.5. The van der Waals surface area contributed by atoms with Gasteiger partial charge in [-0.25, -0.2) is 9.59 Å². The van der Waals surface area contributed by atoms with Crippen LogP contribution >= 0.6 is 0 Å². The zero-order chi connectivity index (χ0) is 22.9. The summed E-state index contributed by atoms with van der Waals surface area (Å²) >= 11 is 0. The maximum atomic E-state index is 11.8. The van der Waals surface area contributed by atoms with E-state index in [-0.39, 0.29) is 25.0 Å². The number of benzene rings is 1. The molecule has 4 N–H and O–H groups in total. The Bertz CT molecular complexity index is 785. The smallest absolute Gasteiger partial charge is 0.412 e. The van der Waals surface area contributed by atoms with Crippen LogP contribution in [0.15, 0.2) is 29.3 Å². The number of rotatable bonds is 8. The summed E-state index contributed by atoms with van der Waals surface area (Å²) in [7, 11) is 0. The molecule has 1 saturated heterocycles. The van der Waals surface area contributed by atoms with E-state index >= 15 is 0 Å². The highest BCUT2D eigenvalue weighted by Gasteiger charge is 2.27. The first-order valence-corrected chi connectivity index (χ1v) is 10.4. The van der Waals surface area contributed by atoms with Crippen LogP contribution in [-0.2, 0) is 16.0 Å². The molecular formula is C21H32N6O4. The second-order valence-electron chi connectivity index (χ2n) is 7.97. The Hall–Kier alpha value is -3.30. The van der Waals surface area contributed by atoms with E-state index < -0.39 is 11.7 Å². The number of urea groups is 1. The first-order valence-electron chi connectivity index (χ1n) is 10.4. The van der Waals surface area contributed by atoms with E-state index in [1.54, 1.807) is 0 Å². The maximum Gasteiger partial charge on any atom is 0.412 e. The predicted octanol–water partition coefficient (Wildman–Crippen LogP) is 1.68. The predicted molar refractivity (Wildman–Crippen MR) is 119 cm³/mol. The number of imide groups is 1. The number of ether oxygens (including phenoxy) is 1. The monoisotopic (exact) mass is 432 g/mol. The fourth-order valence-electron chi connectivity index (χ4n) is 2.78. The summed E-state index contributed by atoms with van der Waals surface area (Å²) in [6.07, 6.45) is 0.232. The lowest BCUT2D eigenvalue weighted by atomic mass is 10.1. The van der Waals surface area contributed by atoms with Gasteiger partial charge in [-0.15, -0.1) is 0 Å². The molecule has 0 spiro atoms. The van der Waals surface area contributed by atoms with Crippen molar-refractivity contribution in [2.24, 2.45) is 4.99 Å². The van der Waals surface area contributed by atoms with Crippen LogP contribution in [0.1, 0.15) is 33.3 Å². The van der Waals surface area contributed by atoms with Crippen LogP contribution in [0.25, 0.3) is 0 Å². The molecule has 1 aromatic rings. The molecule has 170 valence electrons. The molecule has 0 aromatic heterocycles. The molecule has 0 aliphatic carbocycles. The van der Waals surface area contributed by atoms with Gasteiger partial charge in [0.1, 0.15) is 5.60 Å². The third-order valence-corrected chi connectivity index (χ3v) is 4.18. The number of nitrogens with one attached hydrogen (secondary N) is 4. The van der Waals surface area contributed by atoms with Crippen LogP contribution in [0, 0.1) is 0 Å². The molecule has 0 saturated carbocycles. The van der Waals surface area contributed by atoms with E-state index in [1.165, 1.54) is 4.90 Å². The van der Waals surface area contributed by atoms with Crippen molar-refractivity contribution < 1.29 is 19.1 Å². The van der Waals surface area contributed by atoms with Crippen molar-refractivity contribution in [2.75, 3.05) is 38.0 Å². The number of amides is 4. The summed E-state index contributed by atoms with van der Waals surface area (Å²) in [4.78, 5) is 40.7. The minimum absolute atomic E-state index is 0.0546. The summed E-state index contributed by atoms with van der Waals surface area (Å²) in [5.41, 5.74) is 1.20. The fourth-order valence-corrected chi connectivity index (χ4v) is 2.78. The highest BCUT2D eigenvalue weighted by molar-refractivity contribution is 6.01. The van der Waals surface area contributed by atoms with Crippen molar-refractivity contribution >= 4 is 29.7 Å². The Morgan fingerprint density at radius 1 is 1.19 bits per heavy atom. The van der Waals surface area contributed by atoms with Crippen LogP contribution in [0.4, 0.5) is 15.3 Å². The van der Waals surface area contributed by atoms with Gasteiger partial charge in [-0.2, -0.15) is 0 Å². The van der Waals surface area contributed by atoms with E-state index in [2.05, 4.69) is 26.3 Å². The molecule has 2 rings (SSSR count). The Morgan fingerprint density at radius 2 is 1.90 bits per heavy atom.